The summed E-state index contributed by atoms with van der Waals surface area (Å²) in [4.78, 5) is 23.0. The van der Waals surface area contributed by atoms with Crippen LogP contribution in [0.25, 0.3) is 0 Å². The van der Waals surface area contributed by atoms with Gasteiger partial charge in [0.25, 0.3) is 0 Å². The van der Waals surface area contributed by atoms with E-state index in [0.717, 1.165) is 50.7 Å². The van der Waals surface area contributed by atoms with Crippen molar-refractivity contribution in [3.8, 4) is 0 Å². The van der Waals surface area contributed by atoms with Crippen molar-refractivity contribution < 1.29 is 29.3 Å². The summed E-state index contributed by atoms with van der Waals surface area (Å²) in [6, 6.07) is 0. The first-order valence-corrected chi connectivity index (χ1v) is 9.88. The van der Waals surface area contributed by atoms with E-state index in [9.17, 15) is 9.59 Å². The molecule has 0 spiro atoms. The lowest BCUT2D eigenvalue weighted by Gasteiger charge is -2.09. The van der Waals surface area contributed by atoms with Gasteiger partial charge in [-0.1, -0.05) is 25.7 Å². The molecule has 0 aliphatic heterocycles. The summed E-state index contributed by atoms with van der Waals surface area (Å²) in [7, 11) is 0. The highest BCUT2D eigenvalue weighted by Crippen LogP contribution is 2.10. The zero-order chi connectivity index (χ0) is 19.6. The average molecular weight is 413 g/mol. The molecule has 152 valence electrons. The predicted molar refractivity (Wildman–Crippen MR) is 101 cm³/mol. The molecule has 2 atom stereocenters. The molecule has 0 aromatic carbocycles. The van der Waals surface area contributed by atoms with Crippen LogP contribution in [0.15, 0.2) is 12.2 Å². The fourth-order valence-electron chi connectivity index (χ4n) is 2.05. The third kappa shape index (κ3) is 16.6. The number of halogens is 2. The molecular formula is C18H30Cl2O6. The SMILES string of the molecule is O=C(C=CC(=O)OCC(Cl)CCCCCO)OCC(Cl)CCCCCO. The summed E-state index contributed by atoms with van der Waals surface area (Å²) < 4.78 is 9.90. The van der Waals surface area contributed by atoms with Crippen molar-refractivity contribution >= 4 is 35.1 Å². The quantitative estimate of drug-likeness (QED) is 0.175. The van der Waals surface area contributed by atoms with Crippen LogP contribution in [-0.2, 0) is 19.1 Å². The van der Waals surface area contributed by atoms with Crippen molar-refractivity contribution in [2.24, 2.45) is 0 Å². The first kappa shape index (κ1) is 25.2. The van der Waals surface area contributed by atoms with Gasteiger partial charge in [0.2, 0.25) is 0 Å². The summed E-state index contributed by atoms with van der Waals surface area (Å²) in [5.41, 5.74) is 0. The molecule has 2 N–H and O–H groups in total. The Morgan fingerprint density at radius 2 is 1.12 bits per heavy atom. The van der Waals surface area contributed by atoms with E-state index in [0.29, 0.717) is 12.8 Å². The molecular weight excluding hydrogens is 383 g/mol. The lowest BCUT2D eigenvalue weighted by Crippen LogP contribution is -2.14. The van der Waals surface area contributed by atoms with E-state index in [1.165, 1.54) is 0 Å². The minimum Gasteiger partial charge on any atom is -0.461 e. The van der Waals surface area contributed by atoms with Gasteiger partial charge in [-0.15, -0.1) is 23.2 Å². The standard InChI is InChI=1S/C18H30Cl2O6/c19-15(7-3-1-5-11-21)13-25-17(23)9-10-18(24)26-14-16(20)8-4-2-6-12-22/h9-10,15-16,21-22H,1-8,11-14H2. The summed E-state index contributed by atoms with van der Waals surface area (Å²) in [5.74, 6) is -1.32. The Kier molecular flexibility index (Phi) is 17.0. The Morgan fingerprint density at radius 1 is 0.731 bits per heavy atom. The molecule has 0 aromatic rings. The topological polar surface area (TPSA) is 93.1 Å². The summed E-state index contributed by atoms with van der Waals surface area (Å²) in [6.07, 6.45) is 8.32. The lowest BCUT2D eigenvalue weighted by molar-refractivity contribution is -0.140. The Morgan fingerprint density at radius 3 is 1.46 bits per heavy atom. The minimum atomic E-state index is -0.658. The molecule has 0 aromatic heterocycles. The second kappa shape index (κ2) is 17.6. The molecule has 0 saturated carbocycles. The fourth-order valence-corrected chi connectivity index (χ4v) is 2.49. The normalized spacial score (nSPS) is 13.5. The van der Waals surface area contributed by atoms with Crippen molar-refractivity contribution in [3.63, 3.8) is 0 Å². The molecule has 0 rings (SSSR count). The minimum absolute atomic E-state index is 0.0660. The van der Waals surface area contributed by atoms with Crippen molar-refractivity contribution in [3.05, 3.63) is 12.2 Å². The van der Waals surface area contributed by atoms with E-state index in [-0.39, 0.29) is 37.2 Å². The maximum absolute atomic E-state index is 11.5. The van der Waals surface area contributed by atoms with E-state index < -0.39 is 11.9 Å². The van der Waals surface area contributed by atoms with Gasteiger partial charge in [0.1, 0.15) is 13.2 Å². The van der Waals surface area contributed by atoms with Crippen molar-refractivity contribution in [1.82, 2.24) is 0 Å². The molecule has 0 radical (unpaired) electrons. The average Bonchev–Trinajstić information content (AvgIpc) is 2.63. The van der Waals surface area contributed by atoms with E-state index in [1.54, 1.807) is 0 Å². The number of rotatable bonds is 16. The van der Waals surface area contributed by atoms with Gasteiger partial charge in [-0.05, 0) is 25.7 Å². The molecule has 0 heterocycles. The van der Waals surface area contributed by atoms with Crippen LogP contribution in [0.2, 0.25) is 0 Å². The molecule has 26 heavy (non-hydrogen) atoms. The second-order valence-electron chi connectivity index (χ2n) is 5.93. The number of carbonyl (C=O) groups excluding carboxylic acids is 2. The lowest BCUT2D eigenvalue weighted by atomic mass is 10.1. The number of ether oxygens (including phenoxy) is 2. The summed E-state index contributed by atoms with van der Waals surface area (Å²) >= 11 is 12.1. The van der Waals surface area contributed by atoms with Crippen LogP contribution < -0.4 is 0 Å². The van der Waals surface area contributed by atoms with Gasteiger partial charge in [-0.3, -0.25) is 0 Å². The van der Waals surface area contributed by atoms with Gasteiger partial charge in [-0.25, -0.2) is 9.59 Å². The smallest absolute Gasteiger partial charge is 0.331 e. The molecule has 0 fully saturated rings. The van der Waals surface area contributed by atoms with Gasteiger partial charge >= 0.3 is 11.9 Å². The zero-order valence-electron chi connectivity index (χ0n) is 15.1. The van der Waals surface area contributed by atoms with Crippen LogP contribution in [0.4, 0.5) is 0 Å². The van der Waals surface area contributed by atoms with Crippen LogP contribution in [0.1, 0.15) is 51.4 Å². The van der Waals surface area contributed by atoms with E-state index in [4.69, 9.17) is 42.9 Å². The number of hydrogen-bond acceptors (Lipinski definition) is 6. The van der Waals surface area contributed by atoms with Crippen molar-refractivity contribution in [2.75, 3.05) is 26.4 Å². The zero-order valence-corrected chi connectivity index (χ0v) is 16.6. The van der Waals surface area contributed by atoms with Crippen LogP contribution >= 0.6 is 23.2 Å². The fraction of sp³-hybridized carbons (Fsp3) is 0.778. The number of carbonyl (C=O) groups is 2. The van der Waals surface area contributed by atoms with Crippen LogP contribution in [0.3, 0.4) is 0 Å². The van der Waals surface area contributed by atoms with Crippen LogP contribution in [0, 0.1) is 0 Å². The number of unbranched alkanes of at least 4 members (excludes halogenated alkanes) is 4. The predicted octanol–water partition coefficient (Wildman–Crippen LogP) is 2.95. The maximum Gasteiger partial charge on any atom is 0.331 e. The number of hydrogen-bond donors (Lipinski definition) is 2. The van der Waals surface area contributed by atoms with E-state index in [1.807, 2.05) is 0 Å². The van der Waals surface area contributed by atoms with Crippen molar-refractivity contribution in [2.45, 2.75) is 62.1 Å². The third-order valence-corrected chi connectivity index (χ3v) is 4.21. The summed E-state index contributed by atoms with van der Waals surface area (Å²) in [6.45, 7) is 0.459. The molecule has 0 saturated heterocycles. The molecule has 6 nitrogen and oxygen atoms in total. The maximum atomic E-state index is 11.5. The van der Waals surface area contributed by atoms with Crippen LogP contribution in [0.5, 0.6) is 0 Å². The number of esters is 2. The Labute approximate surface area is 165 Å². The highest BCUT2D eigenvalue weighted by molar-refractivity contribution is 6.21. The number of alkyl halides is 2. The van der Waals surface area contributed by atoms with Crippen LogP contribution in [-0.4, -0.2) is 59.3 Å². The van der Waals surface area contributed by atoms with Gasteiger partial charge in [0.05, 0.1) is 10.8 Å². The number of aliphatic hydroxyl groups excluding tert-OH is 2. The van der Waals surface area contributed by atoms with Gasteiger partial charge in [-0.2, -0.15) is 0 Å². The first-order chi connectivity index (χ1) is 12.5. The van der Waals surface area contributed by atoms with Gasteiger partial charge in [0.15, 0.2) is 0 Å². The van der Waals surface area contributed by atoms with E-state index >= 15 is 0 Å². The molecule has 0 aliphatic rings. The second-order valence-corrected chi connectivity index (χ2v) is 7.17. The van der Waals surface area contributed by atoms with E-state index in [2.05, 4.69) is 0 Å². The van der Waals surface area contributed by atoms with Gasteiger partial charge in [0, 0.05) is 25.4 Å². The highest BCUT2D eigenvalue weighted by atomic mass is 35.5. The third-order valence-electron chi connectivity index (χ3n) is 3.52. The van der Waals surface area contributed by atoms with Gasteiger partial charge < -0.3 is 19.7 Å². The largest absolute Gasteiger partial charge is 0.461 e. The molecule has 2 unspecified atom stereocenters. The first-order valence-electron chi connectivity index (χ1n) is 9.01. The summed E-state index contributed by atoms with van der Waals surface area (Å²) in [5, 5.41) is 16.8. The molecule has 0 aliphatic carbocycles. The monoisotopic (exact) mass is 412 g/mol. The molecule has 0 amide bonds. The molecule has 0 bridgehead atoms. The Balaban J connectivity index is 3.79. The van der Waals surface area contributed by atoms with Crippen molar-refractivity contribution in [1.29, 1.82) is 0 Å². The Hall–Kier alpha value is -0.820. The highest BCUT2D eigenvalue weighted by Gasteiger charge is 2.09. The number of aliphatic hydroxyl groups is 2. The Bertz CT molecular complexity index is 367. The molecule has 8 heteroatoms.